The summed E-state index contributed by atoms with van der Waals surface area (Å²) in [6.07, 6.45) is 1.20. The van der Waals surface area contributed by atoms with Crippen molar-refractivity contribution in [1.82, 2.24) is 0 Å². The van der Waals surface area contributed by atoms with Crippen molar-refractivity contribution in [2.75, 3.05) is 0 Å². The first-order valence-corrected chi connectivity index (χ1v) is 11.2. The van der Waals surface area contributed by atoms with Crippen LogP contribution in [0.3, 0.4) is 0 Å². The number of rotatable bonds is 4. The molecule has 3 aliphatic rings. The molecule has 0 radical (unpaired) electrons. The highest BCUT2D eigenvalue weighted by Gasteiger charge is 2.60. The van der Waals surface area contributed by atoms with Crippen molar-refractivity contribution in [2.45, 2.75) is 96.2 Å². The van der Waals surface area contributed by atoms with Crippen LogP contribution in [0, 0.1) is 23.7 Å². The van der Waals surface area contributed by atoms with Crippen molar-refractivity contribution in [3.8, 4) is 0 Å². The monoisotopic (exact) mass is 406 g/mol. The topological polar surface area (TPSA) is 76.0 Å². The third kappa shape index (κ3) is 4.06. The van der Waals surface area contributed by atoms with Gasteiger partial charge in [-0.3, -0.25) is 4.79 Å². The minimum Gasteiger partial charge on any atom is -0.457 e. The molecule has 0 unspecified atom stereocenters. The second-order valence-corrected chi connectivity index (χ2v) is 9.84. The maximum Gasteiger partial charge on any atom is 0.306 e. The Labute approximate surface area is 175 Å². The molecule has 8 atom stereocenters. The van der Waals surface area contributed by atoms with Crippen molar-refractivity contribution in [3.05, 3.63) is 24.3 Å². The zero-order chi connectivity index (χ0) is 21.5. The number of carbonyl (C=O) groups excluding carboxylic acids is 1. The predicted octanol–water partition coefficient (Wildman–Crippen LogP) is 3.78. The lowest BCUT2D eigenvalue weighted by atomic mass is 9.60. The third-order valence-electron chi connectivity index (χ3n) is 7.48. The quantitative estimate of drug-likeness (QED) is 0.549. The number of ether oxygens (including phenoxy) is 2. The molecular formula is C24H38O5. The highest BCUT2D eigenvalue weighted by atomic mass is 16.6. The fourth-order valence-electron chi connectivity index (χ4n) is 5.84. The van der Waals surface area contributed by atoms with Crippen LogP contribution in [0.5, 0.6) is 0 Å². The summed E-state index contributed by atoms with van der Waals surface area (Å²) in [6.45, 7) is 16.6. The van der Waals surface area contributed by atoms with Crippen molar-refractivity contribution in [1.29, 1.82) is 0 Å². The number of carbonyl (C=O) groups is 1. The Morgan fingerprint density at radius 3 is 2.62 bits per heavy atom. The van der Waals surface area contributed by atoms with E-state index in [-0.39, 0.29) is 23.9 Å². The van der Waals surface area contributed by atoms with Crippen LogP contribution in [0.25, 0.3) is 0 Å². The Morgan fingerprint density at radius 1 is 1.31 bits per heavy atom. The smallest absolute Gasteiger partial charge is 0.306 e. The van der Waals surface area contributed by atoms with Gasteiger partial charge in [-0.2, -0.15) is 0 Å². The molecule has 2 N–H and O–H groups in total. The fraction of sp³-hybridized carbons (Fsp3) is 0.792. The van der Waals surface area contributed by atoms with Gasteiger partial charge in [0.2, 0.25) is 0 Å². The average molecular weight is 407 g/mol. The van der Waals surface area contributed by atoms with Gasteiger partial charge in [0.15, 0.2) is 0 Å². The molecule has 3 rings (SSSR count). The van der Waals surface area contributed by atoms with E-state index in [0.29, 0.717) is 36.7 Å². The van der Waals surface area contributed by atoms with Gasteiger partial charge in [0, 0.05) is 18.3 Å². The molecule has 1 saturated carbocycles. The zero-order valence-electron chi connectivity index (χ0n) is 18.4. The predicted molar refractivity (Wildman–Crippen MR) is 112 cm³/mol. The number of aliphatic hydroxyl groups is 2. The first-order chi connectivity index (χ1) is 13.6. The van der Waals surface area contributed by atoms with Crippen molar-refractivity contribution >= 4 is 5.97 Å². The van der Waals surface area contributed by atoms with E-state index in [9.17, 15) is 15.0 Å². The van der Waals surface area contributed by atoms with Gasteiger partial charge < -0.3 is 19.7 Å². The summed E-state index contributed by atoms with van der Waals surface area (Å²) < 4.78 is 12.6. The SMILES string of the molecule is C=C1CC[C@H](C(C)C)[C@@H]2[C@H]1[C@H]1O[C@@H]2[C@](C)(OC(=O)CCC)CC[C@H](O)C(=C)[C@H]1O. The Hall–Kier alpha value is -1.17. The Bertz CT molecular complexity index is 656. The van der Waals surface area contributed by atoms with Crippen LogP contribution in [0.2, 0.25) is 0 Å². The Balaban J connectivity index is 2.06. The largest absolute Gasteiger partial charge is 0.457 e. The van der Waals surface area contributed by atoms with E-state index in [2.05, 4.69) is 27.0 Å². The Morgan fingerprint density at radius 2 is 2.00 bits per heavy atom. The first-order valence-electron chi connectivity index (χ1n) is 11.2. The molecule has 1 aliphatic carbocycles. The summed E-state index contributed by atoms with van der Waals surface area (Å²) in [4.78, 5) is 12.5. The maximum atomic E-state index is 12.5. The van der Waals surface area contributed by atoms with E-state index in [1.807, 2.05) is 13.8 Å². The second-order valence-electron chi connectivity index (χ2n) is 9.84. The number of hydrogen-bond donors (Lipinski definition) is 2. The normalized spacial score (nSPS) is 42.8. The van der Waals surface area contributed by atoms with E-state index >= 15 is 0 Å². The molecule has 2 bridgehead atoms. The number of esters is 1. The molecule has 0 aromatic rings. The lowest BCUT2D eigenvalue weighted by Gasteiger charge is -2.45. The fourth-order valence-corrected chi connectivity index (χ4v) is 5.84. The molecule has 5 heteroatoms. The van der Waals surface area contributed by atoms with Gasteiger partial charge in [-0.25, -0.2) is 0 Å². The van der Waals surface area contributed by atoms with Gasteiger partial charge in [0.05, 0.1) is 12.2 Å². The molecule has 0 spiro atoms. The number of fused-ring (bicyclic) bond motifs is 5. The van der Waals surface area contributed by atoms with Crippen LogP contribution in [0.15, 0.2) is 24.3 Å². The van der Waals surface area contributed by atoms with Crippen molar-refractivity contribution in [3.63, 3.8) is 0 Å². The van der Waals surface area contributed by atoms with E-state index in [0.717, 1.165) is 24.8 Å². The molecule has 3 fully saturated rings. The van der Waals surface area contributed by atoms with Gasteiger partial charge >= 0.3 is 5.97 Å². The van der Waals surface area contributed by atoms with Crippen LogP contribution in [-0.2, 0) is 14.3 Å². The van der Waals surface area contributed by atoms with E-state index in [1.54, 1.807) is 0 Å². The number of aliphatic hydroxyl groups excluding tert-OH is 2. The lowest BCUT2D eigenvalue weighted by Crippen LogP contribution is -2.51. The van der Waals surface area contributed by atoms with Crippen molar-refractivity contribution < 1.29 is 24.5 Å². The summed E-state index contributed by atoms with van der Waals surface area (Å²) in [6, 6.07) is 0. The molecule has 29 heavy (non-hydrogen) atoms. The van der Waals surface area contributed by atoms with Crippen LogP contribution in [0.4, 0.5) is 0 Å². The van der Waals surface area contributed by atoms with Crippen molar-refractivity contribution in [2.24, 2.45) is 23.7 Å². The highest BCUT2D eigenvalue weighted by Crippen LogP contribution is 2.55. The summed E-state index contributed by atoms with van der Waals surface area (Å²) >= 11 is 0. The average Bonchev–Trinajstić information content (AvgIpc) is 3.07. The van der Waals surface area contributed by atoms with Crippen LogP contribution < -0.4 is 0 Å². The Kier molecular flexibility index (Phi) is 6.62. The third-order valence-corrected chi connectivity index (χ3v) is 7.48. The molecule has 5 nitrogen and oxygen atoms in total. The van der Waals surface area contributed by atoms with E-state index < -0.39 is 23.9 Å². The van der Waals surface area contributed by atoms with E-state index in [1.165, 1.54) is 0 Å². The van der Waals surface area contributed by atoms with Gasteiger partial charge in [-0.15, -0.1) is 0 Å². The first kappa shape index (κ1) is 22.5. The molecule has 2 saturated heterocycles. The standard InChI is InChI=1S/C24H38O5/c1-7-8-18(26)29-24(6)12-11-17(25)15(5)21(27)22-19-14(4)9-10-16(13(2)3)20(19)23(24)28-22/h13,16-17,19-23,25,27H,4-5,7-12H2,1-3,6H3/t16-,17+,19+,20-,21-,22-,23+,24-/m1/s1. The summed E-state index contributed by atoms with van der Waals surface area (Å²) in [7, 11) is 0. The second kappa shape index (κ2) is 8.52. The minimum absolute atomic E-state index is 0.0256. The molecule has 0 aromatic carbocycles. The van der Waals surface area contributed by atoms with Gasteiger partial charge in [0.1, 0.15) is 17.8 Å². The van der Waals surface area contributed by atoms with Gasteiger partial charge in [-0.1, -0.05) is 39.5 Å². The molecule has 0 aromatic heterocycles. The van der Waals surface area contributed by atoms with Gasteiger partial charge in [0.25, 0.3) is 0 Å². The molecular weight excluding hydrogens is 368 g/mol. The summed E-state index contributed by atoms with van der Waals surface area (Å²) in [5.41, 5.74) is 0.613. The highest BCUT2D eigenvalue weighted by molar-refractivity contribution is 5.69. The number of hydrogen-bond acceptors (Lipinski definition) is 5. The summed E-state index contributed by atoms with van der Waals surface area (Å²) in [5.74, 6) is 0.711. The molecule has 0 amide bonds. The molecule has 2 aliphatic heterocycles. The minimum atomic E-state index is -0.959. The van der Waals surface area contributed by atoms with Crippen LogP contribution in [-0.4, -0.2) is 46.2 Å². The molecule has 164 valence electrons. The van der Waals surface area contributed by atoms with Gasteiger partial charge in [-0.05, 0) is 56.4 Å². The zero-order valence-corrected chi connectivity index (χ0v) is 18.4. The summed E-state index contributed by atoms with van der Waals surface area (Å²) in [5, 5.41) is 21.6. The van der Waals surface area contributed by atoms with Crippen LogP contribution in [0.1, 0.15) is 66.2 Å². The molecule has 2 heterocycles. The lowest BCUT2D eigenvalue weighted by molar-refractivity contribution is -0.183. The van der Waals surface area contributed by atoms with Crippen LogP contribution >= 0.6 is 0 Å². The maximum absolute atomic E-state index is 12.5. The van der Waals surface area contributed by atoms with E-state index in [4.69, 9.17) is 9.47 Å².